The van der Waals surface area contributed by atoms with E-state index < -0.39 is 0 Å². The number of rotatable bonds is 5. The summed E-state index contributed by atoms with van der Waals surface area (Å²) in [6, 6.07) is 11.0. The van der Waals surface area contributed by atoms with Gasteiger partial charge in [0.1, 0.15) is 5.75 Å². The van der Waals surface area contributed by atoms with E-state index in [4.69, 9.17) is 4.74 Å². The fourth-order valence-electron chi connectivity index (χ4n) is 2.82. The van der Waals surface area contributed by atoms with Gasteiger partial charge in [0.05, 0.1) is 17.8 Å². The zero-order valence-electron chi connectivity index (χ0n) is 14.6. The Morgan fingerprint density at radius 3 is 2.77 bits per heavy atom. The van der Waals surface area contributed by atoms with Gasteiger partial charge in [-0.3, -0.25) is 9.59 Å². The summed E-state index contributed by atoms with van der Waals surface area (Å²) in [5, 5.41) is 2.82. The molecule has 1 N–H and O–H groups in total. The second kappa shape index (κ2) is 7.86. The van der Waals surface area contributed by atoms with E-state index in [0.29, 0.717) is 23.9 Å². The van der Waals surface area contributed by atoms with Crippen LogP contribution in [0.15, 0.2) is 47.1 Å². The van der Waals surface area contributed by atoms with Crippen LogP contribution in [-0.4, -0.2) is 34.3 Å². The van der Waals surface area contributed by atoms with E-state index in [0.717, 1.165) is 4.47 Å². The van der Waals surface area contributed by atoms with Crippen LogP contribution in [0.1, 0.15) is 20.3 Å². The molecular formula is C19H20BrN3O3. The zero-order valence-corrected chi connectivity index (χ0v) is 16.2. The van der Waals surface area contributed by atoms with Gasteiger partial charge >= 0.3 is 0 Å². The number of hydrogen-bond acceptors (Lipinski definition) is 4. The van der Waals surface area contributed by atoms with Gasteiger partial charge in [-0.25, -0.2) is 4.98 Å². The Balaban J connectivity index is 1.59. The summed E-state index contributed by atoms with van der Waals surface area (Å²) in [6.45, 7) is 4.36. The zero-order chi connectivity index (χ0) is 18.7. The molecule has 2 aromatic rings. The number of hydrogen-bond donors (Lipinski definition) is 1. The summed E-state index contributed by atoms with van der Waals surface area (Å²) < 4.78 is 6.59. The molecule has 6 nitrogen and oxygen atoms in total. The fourth-order valence-corrected chi connectivity index (χ4v) is 3.19. The summed E-state index contributed by atoms with van der Waals surface area (Å²) in [7, 11) is 0. The number of benzene rings is 1. The first kappa shape index (κ1) is 18.4. The van der Waals surface area contributed by atoms with E-state index in [-0.39, 0.29) is 30.2 Å². The summed E-state index contributed by atoms with van der Waals surface area (Å²) >= 11 is 3.39. The van der Waals surface area contributed by atoms with E-state index >= 15 is 0 Å². The normalized spacial score (nSPS) is 16.8. The SMILES string of the molecule is CC(C)N1CC(C(=O)Nc2ccc(Oc3cccc(Br)c3)nc2)CC1=O. The standard InChI is InChI=1S/C19H20BrN3O3/c1-12(2)23-11-13(8-18(23)24)19(25)22-15-6-7-17(21-10-15)26-16-5-3-4-14(20)9-16/h3-7,9-10,12-13H,8,11H2,1-2H3,(H,22,25). The molecular weight excluding hydrogens is 398 g/mol. The monoisotopic (exact) mass is 417 g/mol. The Labute approximate surface area is 160 Å². The van der Waals surface area contributed by atoms with Crippen molar-refractivity contribution in [3.05, 3.63) is 47.1 Å². The fraction of sp³-hybridized carbons (Fsp3) is 0.316. The van der Waals surface area contributed by atoms with Gasteiger partial charge in [0.15, 0.2) is 0 Å². The molecule has 1 saturated heterocycles. The number of pyridine rings is 1. The number of carbonyl (C=O) groups excluding carboxylic acids is 2. The molecule has 0 saturated carbocycles. The molecule has 136 valence electrons. The Morgan fingerprint density at radius 2 is 2.15 bits per heavy atom. The number of likely N-dealkylation sites (tertiary alicyclic amines) is 1. The van der Waals surface area contributed by atoms with Crippen LogP contribution < -0.4 is 10.1 Å². The van der Waals surface area contributed by atoms with Crippen LogP contribution in [0.2, 0.25) is 0 Å². The Hall–Kier alpha value is -2.41. The molecule has 26 heavy (non-hydrogen) atoms. The molecule has 1 aliphatic heterocycles. The van der Waals surface area contributed by atoms with Crippen molar-refractivity contribution in [1.82, 2.24) is 9.88 Å². The van der Waals surface area contributed by atoms with Crippen LogP contribution >= 0.6 is 15.9 Å². The van der Waals surface area contributed by atoms with Crippen LogP contribution in [0.5, 0.6) is 11.6 Å². The van der Waals surface area contributed by atoms with Gasteiger partial charge in [-0.15, -0.1) is 0 Å². The molecule has 0 bridgehead atoms. The van der Waals surface area contributed by atoms with Crippen molar-refractivity contribution in [2.75, 3.05) is 11.9 Å². The van der Waals surface area contributed by atoms with Gasteiger partial charge in [0, 0.05) is 29.5 Å². The first-order valence-electron chi connectivity index (χ1n) is 8.42. The van der Waals surface area contributed by atoms with Gasteiger partial charge in [0.2, 0.25) is 17.7 Å². The number of halogens is 1. The molecule has 1 unspecified atom stereocenters. The molecule has 0 aliphatic carbocycles. The molecule has 1 atom stereocenters. The summed E-state index contributed by atoms with van der Waals surface area (Å²) in [6.07, 6.45) is 1.80. The number of carbonyl (C=O) groups is 2. The van der Waals surface area contributed by atoms with Gasteiger partial charge < -0.3 is 15.0 Å². The maximum atomic E-state index is 12.4. The quantitative estimate of drug-likeness (QED) is 0.801. The number of aromatic nitrogens is 1. The van der Waals surface area contributed by atoms with Crippen LogP contribution in [0.25, 0.3) is 0 Å². The highest BCUT2D eigenvalue weighted by Gasteiger charge is 2.35. The molecule has 2 heterocycles. The average Bonchev–Trinajstić information content (AvgIpc) is 2.99. The minimum absolute atomic E-state index is 0.0241. The lowest BCUT2D eigenvalue weighted by Crippen LogP contribution is -2.33. The third-order valence-electron chi connectivity index (χ3n) is 4.17. The van der Waals surface area contributed by atoms with Crippen molar-refractivity contribution in [3.8, 4) is 11.6 Å². The third kappa shape index (κ3) is 4.40. The van der Waals surface area contributed by atoms with Gasteiger partial charge in [0.25, 0.3) is 0 Å². The lowest BCUT2D eigenvalue weighted by atomic mass is 10.1. The van der Waals surface area contributed by atoms with Crippen LogP contribution in [0.3, 0.4) is 0 Å². The van der Waals surface area contributed by atoms with E-state index in [1.165, 1.54) is 0 Å². The second-order valence-corrected chi connectivity index (χ2v) is 7.39. The number of nitrogens with one attached hydrogen (secondary N) is 1. The highest BCUT2D eigenvalue weighted by molar-refractivity contribution is 9.10. The molecule has 1 aromatic heterocycles. The molecule has 7 heteroatoms. The highest BCUT2D eigenvalue weighted by atomic mass is 79.9. The van der Waals surface area contributed by atoms with Crippen LogP contribution in [-0.2, 0) is 9.59 Å². The van der Waals surface area contributed by atoms with Crippen molar-refractivity contribution in [3.63, 3.8) is 0 Å². The largest absolute Gasteiger partial charge is 0.439 e. The average molecular weight is 418 g/mol. The Morgan fingerprint density at radius 1 is 1.35 bits per heavy atom. The summed E-state index contributed by atoms with van der Waals surface area (Å²) in [5.41, 5.74) is 0.576. The molecule has 1 fully saturated rings. The topological polar surface area (TPSA) is 71.5 Å². The van der Waals surface area contributed by atoms with Crippen molar-refractivity contribution < 1.29 is 14.3 Å². The van der Waals surface area contributed by atoms with Gasteiger partial charge in [-0.05, 0) is 38.1 Å². The van der Waals surface area contributed by atoms with E-state index in [1.54, 1.807) is 23.2 Å². The first-order chi connectivity index (χ1) is 12.4. The summed E-state index contributed by atoms with van der Waals surface area (Å²) in [4.78, 5) is 30.3. The predicted molar refractivity (Wildman–Crippen MR) is 102 cm³/mol. The predicted octanol–water partition coefficient (Wildman–Crippen LogP) is 3.83. The number of ether oxygens (including phenoxy) is 1. The van der Waals surface area contributed by atoms with Crippen molar-refractivity contribution in [2.45, 2.75) is 26.3 Å². The van der Waals surface area contributed by atoms with E-state index in [1.807, 2.05) is 38.1 Å². The minimum Gasteiger partial charge on any atom is -0.439 e. The molecule has 3 rings (SSSR count). The molecule has 0 radical (unpaired) electrons. The van der Waals surface area contributed by atoms with Crippen LogP contribution in [0.4, 0.5) is 5.69 Å². The number of anilines is 1. The van der Waals surface area contributed by atoms with Gasteiger partial charge in [-0.1, -0.05) is 22.0 Å². The third-order valence-corrected chi connectivity index (χ3v) is 4.67. The van der Waals surface area contributed by atoms with Crippen molar-refractivity contribution in [1.29, 1.82) is 0 Å². The highest BCUT2D eigenvalue weighted by Crippen LogP contribution is 2.25. The Kier molecular flexibility index (Phi) is 5.56. The van der Waals surface area contributed by atoms with Gasteiger partial charge in [-0.2, -0.15) is 0 Å². The lowest BCUT2D eigenvalue weighted by molar-refractivity contribution is -0.129. The smallest absolute Gasteiger partial charge is 0.229 e. The number of amides is 2. The molecule has 1 aliphatic rings. The molecule has 1 aromatic carbocycles. The van der Waals surface area contributed by atoms with E-state index in [2.05, 4.69) is 26.2 Å². The lowest BCUT2D eigenvalue weighted by Gasteiger charge is -2.20. The number of nitrogens with zero attached hydrogens (tertiary/aromatic N) is 2. The van der Waals surface area contributed by atoms with Crippen molar-refractivity contribution in [2.24, 2.45) is 5.92 Å². The maximum Gasteiger partial charge on any atom is 0.229 e. The summed E-state index contributed by atoms with van der Waals surface area (Å²) in [5.74, 6) is 0.632. The first-order valence-corrected chi connectivity index (χ1v) is 9.21. The van der Waals surface area contributed by atoms with E-state index in [9.17, 15) is 9.59 Å². The second-order valence-electron chi connectivity index (χ2n) is 6.47. The molecule has 0 spiro atoms. The van der Waals surface area contributed by atoms with Crippen LogP contribution in [0, 0.1) is 5.92 Å². The van der Waals surface area contributed by atoms with Crippen molar-refractivity contribution >= 4 is 33.4 Å². The minimum atomic E-state index is -0.331. The molecule has 2 amide bonds. The maximum absolute atomic E-state index is 12.4. The Bertz CT molecular complexity index is 808.